The van der Waals surface area contributed by atoms with Crippen molar-refractivity contribution in [1.29, 1.82) is 0 Å². The molecule has 1 aliphatic heterocycles. The fourth-order valence-corrected chi connectivity index (χ4v) is 8.47. The molecule has 10 heteroatoms. The highest BCUT2D eigenvalue weighted by atomic mass is 32.1. The minimum absolute atomic E-state index is 0.110. The van der Waals surface area contributed by atoms with E-state index in [9.17, 15) is 9.59 Å². The molecule has 3 aliphatic carbocycles. The number of amides is 2. The molecule has 3 N–H and O–H groups in total. The summed E-state index contributed by atoms with van der Waals surface area (Å²) >= 11 is 1.57. The molecule has 3 atom stereocenters. The van der Waals surface area contributed by atoms with Crippen LogP contribution in [0.5, 0.6) is 0 Å². The second-order valence-electron chi connectivity index (χ2n) is 13.8. The van der Waals surface area contributed by atoms with Gasteiger partial charge in [0, 0.05) is 59.9 Å². The monoisotopic (exact) mass is 651 g/mol. The number of hydrogen-bond acceptors (Lipinski definition) is 8. The molecule has 2 aromatic heterocycles. The van der Waals surface area contributed by atoms with E-state index in [1.807, 2.05) is 41.4 Å². The zero-order valence-electron chi connectivity index (χ0n) is 27.6. The zero-order chi connectivity index (χ0) is 32.7. The highest BCUT2D eigenvalue weighted by Gasteiger charge is 2.39. The Bertz CT molecular complexity index is 1710. The number of thiazole rings is 1. The number of aromatic nitrogens is 3. The number of nitrogen functional groups attached to an aromatic ring is 1. The second-order valence-corrected chi connectivity index (χ2v) is 14.8. The number of likely N-dealkylation sites (tertiary alicyclic amines) is 1. The van der Waals surface area contributed by atoms with Gasteiger partial charge in [0.05, 0.1) is 5.69 Å². The summed E-state index contributed by atoms with van der Waals surface area (Å²) in [7, 11) is 2.13. The Morgan fingerprint density at radius 1 is 1.11 bits per heavy atom. The van der Waals surface area contributed by atoms with Gasteiger partial charge in [-0.2, -0.15) is 0 Å². The van der Waals surface area contributed by atoms with E-state index in [2.05, 4.69) is 41.1 Å². The average molecular weight is 652 g/mol. The van der Waals surface area contributed by atoms with Crippen LogP contribution in [0.2, 0.25) is 0 Å². The molecule has 7 rings (SSSR count). The van der Waals surface area contributed by atoms with Crippen molar-refractivity contribution in [2.75, 3.05) is 37.7 Å². The molecule has 0 spiro atoms. The van der Waals surface area contributed by atoms with Gasteiger partial charge in [-0.05, 0) is 93.0 Å². The fourth-order valence-electron chi connectivity index (χ4n) is 7.49. The first kappa shape index (κ1) is 31.7. The van der Waals surface area contributed by atoms with Crippen LogP contribution in [0.15, 0.2) is 54.5 Å². The Morgan fingerprint density at radius 2 is 1.89 bits per heavy atom. The molecule has 2 saturated carbocycles. The zero-order valence-corrected chi connectivity index (χ0v) is 28.4. The molecule has 9 nitrogen and oxygen atoms in total. The molecule has 2 amide bonds. The van der Waals surface area contributed by atoms with Gasteiger partial charge in [0.2, 0.25) is 5.91 Å². The molecular weight excluding hydrogens is 607 g/mol. The molecular formula is C37H45N7O2S. The number of carbonyl (C=O) groups is 2. The smallest absolute Gasteiger partial charge is 0.257 e. The lowest BCUT2D eigenvalue weighted by Gasteiger charge is -2.29. The summed E-state index contributed by atoms with van der Waals surface area (Å²) < 4.78 is 0. The first-order valence-electron chi connectivity index (χ1n) is 17.2. The Labute approximate surface area is 281 Å². The third-order valence-corrected chi connectivity index (χ3v) is 11.7. The highest BCUT2D eigenvalue weighted by molar-refractivity contribution is 7.15. The minimum atomic E-state index is -0.166. The van der Waals surface area contributed by atoms with Crippen LogP contribution >= 0.6 is 11.3 Å². The number of carbonyl (C=O) groups excluding carboxylic acids is 2. The van der Waals surface area contributed by atoms with Crippen molar-refractivity contribution < 1.29 is 9.59 Å². The maximum Gasteiger partial charge on any atom is 0.257 e. The van der Waals surface area contributed by atoms with Gasteiger partial charge < -0.3 is 10.6 Å². The van der Waals surface area contributed by atoms with E-state index in [1.54, 1.807) is 23.7 Å². The summed E-state index contributed by atoms with van der Waals surface area (Å²) in [5.41, 5.74) is 12.5. The highest BCUT2D eigenvalue weighted by Crippen LogP contribution is 2.48. The van der Waals surface area contributed by atoms with Crippen LogP contribution < -0.4 is 11.1 Å². The molecule has 3 unspecified atom stereocenters. The SMILES string of the molecule is CCC1=C(c2ccc(C(=O)Nc3ncc(C4CC4)s3)cc2)c2c(N)ncnc2C(C)C(C2CCN(C(=O)C=CCN(C)C3CC3)C2)C1. The van der Waals surface area contributed by atoms with Crippen molar-refractivity contribution in [3.8, 4) is 0 Å². The predicted molar refractivity (Wildman–Crippen MR) is 187 cm³/mol. The van der Waals surface area contributed by atoms with Gasteiger partial charge in [0.15, 0.2) is 5.13 Å². The summed E-state index contributed by atoms with van der Waals surface area (Å²) in [6.45, 7) is 6.80. The van der Waals surface area contributed by atoms with Gasteiger partial charge in [-0.15, -0.1) is 11.3 Å². The molecule has 246 valence electrons. The number of nitrogens with one attached hydrogen (secondary N) is 1. The van der Waals surface area contributed by atoms with Crippen molar-refractivity contribution in [3.05, 3.63) is 81.8 Å². The summed E-state index contributed by atoms with van der Waals surface area (Å²) in [5, 5.41) is 3.62. The van der Waals surface area contributed by atoms with Gasteiger partial charge in [0.1, 0.15) is 12.1 Å². The summed E-state index contributed by atoms with van der Waals surface area (Å²) in [5.74, 6) is 1.84. The summed E-state index contributed by atoms with van der Waals surface area (Å²) in [4.78, 5) is 45.5. The van der Waals surface area contributed by atoms with Crippen molar-refractivity contribution in [2.45, 2.75) is 76.7 Å². The number of likely N-dealkylation sites (N-methyl/N-ethyl adjacent to an activating group) is 1. The lowest BCUT2D eigenvalue weighted by molar-refractivity contribution is -0.125. The predicted octanol–water partition coefficient (Wildman–Crippen LogP) is 6.48. The third kappa shape index (κ3) is 6.76. The van der Waals surface area contributed by atoms with E-state index in [0.717, 1.165) is 61.3 Å². The van der Waals surface area contributed by atoms with Gasteiger partial charge in [0.25, 0.3) is 5.91 Å². The van der Waals surface area contributed by atoms with Crippen LogP contribution in [0.4, 0.5) is 10.9 Å². The Morgan fingerprint density at radius 3 is 2.62 bits per heavy atom. The van der Waals surface area contributed by atoms with Crippen LogP contribution in [0, 0.1) is 11.8 Å². The van der Waals surface area contributed by atoms with E-state index in [4.69, 9.17) is 10.7 Å². The lowest BCUT2D eigenvalue weighted by Crippen LogP contribution is -2.30. The lowest BCUT2D eigenvalue weighted by atomic mass is 9.77. The van der Waals surface area contributed by atoms with Gasteiger partial charge in [-0.25, -0.2) is 15.0 Å². The Balaban J connectivity index is 1.11. The normalized spacial score (nSPS) is 23.0. The van der Waals surface area contributed by atoms with E-state index in [0.29, 0.717) is 40.3 Å². The number of nitrogens with zero attached hydrogens (tertiary/aromatic N) is 5. The van der Waals surface area contributed by atoms with Gasteiger partial charge in [-0.1, -0.05) is 37.6 Å². The Hall–Kier alpha value is -3.89. The molecule has 4 aliphatic rings. The van der Waals surface area contributed by atoms with Crippen LogP contribution in [0.3, 0.4) is 0 Å². The Kier molecular flexibility index (Phi) is 8.98. The number of fused-ring (bicyclic) bond motifs is 1. The van der Waals surface area contributed by atoms with Crippen molar-refractivity contribution in [1.82, 2.24) is 24.8 Å². The molecule has 0 radical (unpaired) electrons. The maximum absolute atomic E-state index is 13.1. The van der Waals surface area contributed by atoms with Crippen LogP contribution in [-0.2, 0) is 4.79 Å². The molecule has 47 heavy (non-hydrogen) atoms. The summed E-state index contributed by atoms with van der Waals surface area (Å²) in [6, 6.07) is 8.47. The van der Waals surface area contributed by atoms with Crippen LogP contribution in [-0.4, -0.2) is 69.3 Å². The number of rotatable bonds is 10. The van der Waals surface area contributed by atoms with E-state index in [1.165, 1.54) is 36.1 Å². The van der Waals surface area contributed by atoms with Crippen LogP contribution in [0.1, 0.15) is 103 Å². The number of hydrogen-bond donors (Lipinski definition) is 2. The first-order chi connectivity index (χ1) is 22.8. The van der Waals surface area contributed by atoms with Gasteiger partial charge in [-0.3, -0.25) is 19.8 Å². The van der Waals surface area contributed by atoms with Crippen molar-refractivity contribution in [2.24, 2.45) is 11.8 Å². The standard InChI is InChI=1S/C37H45N7O2S/c1-4-23-18-29(27-15-17-44(20-27)31(45)6-5-16-43(3)28-13-14-28)22(2)34-33(35(38)41-21-40-34)32(23)25-9-11-26(12-10-25)36(46)42-37-39-19-30(47-37)24-7-8-24/h5-6,9-12,19,21-22,24,27-29H,4,7-8,13-18,20H2,1-3H3,(H2,38,40,41)(H,39,42,46). The molecule has 1 saturated heterocycles. The number of benzene rings is 1. The first-order valence-corrected chi connectivity index (χ1v) is 18.0. The van der Waals surface area contributed by atoms with E-state index < -0.39 is 0 Å². The van der Waals surface area contributed by atoms with Crippen molar-refractivity contribution >= 4 is 39.7 Å². The summed E-state index contributed by atoms with van der Waals surface area (Å²) in [6.07, 6.45) is 14.9. The van der Waals surface area contributed by atoms with E-state index in [-0.39, 0.29) is 17.7 Å². The molecule has 3 fully saturated rings. The number of anilines is 2. The molecule has 3 aromatic rings. The number of allylic oxidation sites excluding steroid dienone is 1. The topological polar surface area (TPSA) is 117 Å². The van der Waals surface area contributed by atoms with E-state index >= 15 is 0 Å². The fraction of sp³-hybridized carbons (Fsp3) is 0.486. The number of nitrogens with two attached hydrogens (primary N) is 1. The average Bonchev–Trinajstić information content (AvgIpc) is 4.02. The second kappa shape index (κ2) is 13.3. The maximum atomic E-state index is 13.1. The third-order valence-electron chi connectivity index (χ3n) is 10.6. The minimum Gasteiger partial charge on any atom is -0.383 e. The van der Waals surface area contributed by atoms with Crippen LogP contribution in [0.25, 0.3) is 5.57 Å². The quantitative estimate of drug-likeness (QED) is 0.241. The van der Waals surface area contributed by atoms with Crippen molar-refractivity contribution in [3.63, 3.8) is 0 Å². The molecule has 0 bridgehead atoms. The van der Waals surface area contributed by atoms with Gasteiger partial charge >= 0.3 is 0 Å². The largest absolute Gasteiger partial charge is 0.383 e. The molecule has 3 heterocycles. The molecule has 1 aromatic carbocycles.